The van der Waals surface area contributed by atoms with Crippen LogP contribution in [0.15, 0.2) is 18.2 Å². The van der Waals surface area contributed by atoms with E-state index in [2.05, 4.69) is 6.07 Å². The first-order valence-electron chi connectivity index (χ1n) is 6.75. The lowest BCUT2D eigenvalue weighted by molar-refractivity contribution is -0.151. The first-order chi connectivity index (χ1) is 9.54. The number of methoxy groups -OCH3 is 1. The molecule has 1 heterocycles. The van der Waals surface area contributed by atoms with Crippen molar-refractivity contribution in [3.05, 3.63) is 29.3 Å². The first kappa shape index (κ1) is 14.8. The van der Waals surface area contributed by atoms with Crippen molar-refractivity contribution < 1.29 is 19.4 Å². The largest absolute Gasteiger partial charge is 0.496 e. The zero-order chi connectivity index (χ0) is 14.7. The van der Waals surface area contributed by atoms with Crippen LogP contribution in [0.5, 0.6) is 5.75 Å². The Bertz CT molecular complexity index is 489. The zero-order valence-corrected chi connectivity index (χ0v) is 12.1. The van der Waals surface area contributed by atoms with Gasteiger partial charge in [0.05, 0.1) is 20.3 Å². The van der Waals surface area contributed by atoms with E-state index in [0.717, 1.165) is 16.9 Å². The maximum Gasteiger partial charge on any atom is 0.323 e. The van der Waals surface area contributed by atoms with E-state index in [9.17, 15) is 9.90 Å². The zero-order valence-electron chi connectivity index (χ0n) is 12.1. The molecule has 1 fully saturated rings. The summed E-state index contributed by atoms with van der Waals surface area (Å²) >= 11 is 0. The highest BCUT2D eigenvalue weighted by molar-refractivity contribution is 5.73. The van der Waals surface area contributed by atoms with Gasteiger partial charge in [-0.1, -0.05) is 17.7 Å². The Morgan fingerprint density at radius 1 is 1.55 bits per heavy atom. The van der Waals surface area contributed by atoms with Crippen LogP contribution in [0.2, 0.25) is 0 Å². The van der Waals surface area contributed by atoms with Gasteiger partial charge in [0.25, 0.3) is 0 Å². The summed E-state index contributed by atoms with van der Waals surface area (Å²) < 4.78 is 10.7. The minimum absolute atomic E-state index is 0.0325. The number of aliphatic carboxylic acids is 1. The molecule has 0 aromatic heterocycles. The van der Waals surface area contributed by atoms with Crippen LogP contribution in [0.25, 0.3) is 0 Å². The van der Waals surface area contributed by atoms with Gasteiger partial charge in [-0.15, -0.1) is 0 Å². The van der Waals surface area contributed by atoms with Gasteiger partial charge in [0, 0.05) is 18.2 Å². The van der Waals surface area contributed by atoms with Gasteiger partial charge in [0.1, 0.15) is 11.8 Å². The monoisotopic (exact) mass is 279 g/mol. The van der Waals surface area contributed by atoms with Gasteiger partial charge >= 0.3 is 5.97 Å². The number of nitrogens with zero attached hydrogens (tertiary/aromatic N) is 1. The van der Waals surface area contributed by atoms with Crippen molar-refractivity contribution >= 4 is 5.97 Å². The van der Waals surface area contributed by atoms with E-state index >= 15 is 0 Å². The SMILES string of the molecule is COc1ccc(C)cc1C(C)N1CCOCC1C(=O)O. The van der Waals surface area contributed by atoms with Gasteiger partial charge < -0.3 is 14.6 Å². The molecule has 5 heteroatoms. The number of ether oxygens (including phenoxy) is 2. The second kappa shape index (κ2) is 6.24. The molecule has 1 saturated heterocycles. The number of aryl methyl sites for hydroxylation is 1. The molecule has 110 valence electrons. The van der Waals surface area contributed by atoms with E-state index in [-0.39, 0.29) is 12.6 Å². The fourth-order valence-corrected chi connectivity index (χ4v) is 2.65. The predicted octanol–water partition coefficient (Wildman–Crippen LogP) is 1.85. The van der Waals surface area contributed by atoms with Gasteiger partial charge in [-0.05, 0) is 19.9 Å². The van der Waals surface area contributed by atoms with Crippen molar-refractivity contribution in [3.63, 3.8) is 0 Å². The van der Waals surface area contributed by atoms with Crippen LogP contribution in [0.4, 0.5) is 0 Å². The lowest BCUT2D eigenvalue weighted by atomic mass is 10.0. The van der Waals surface area contributed by atoms with E-state index in [1.54, 1.807) is 7.11 Å². The molecule has 1 aliphatic rings. The molecule has 20 heavy (non-hydrogen) atoms. The highest BCUT2D eigenvalue weighted by atomic mass is 16.5. The highest BCUT2D eigenvalue weighted by Crippen LogP contribution is 2.32. The van der Waals surface area contributed by atoms with Crippen LogP contribution in [0.3, 0.4) is 0 Å². The molecule has 0 radical (unpaired) electrons. The van der Waals surface area contributed by atoms with Crippen LogP contribution in [-0.2, 0) is 9.53 Å². The molecule has 5 nitrogen and oxygen atoms in total. The van der Waals surface area contributed by atoms with Crippen molar-refractivity contribution in [1.29, 1.82) is 0 Å². The molecule has 2 atom stereocenters. The first-order valence-corrected chi connectivity index (χ1v) is 6.75. The third-order valence-electron chi connectivity index (χ3n) is 3.79. The van der Waals surface area contributed by atoms with E-state index in [0.29, 0.717) is 13.2 Å². The number of hydrogen-bond donors (Lipinski definition) is 1. The van der Waals surface area contributed by atoms with Gasteiger partial charge in [-0.25, -0.2) is 0 Å². The molecule has 1 aliphatic heterocycles. The molecule has 0 bridgehead atoms. The van der Waals surface area contributed by atoms with Crippen molar-refractivity contribution in [1.82, 2.24) is 4.90 Å². The van der Waals surface area contributed by atoms with Crippen LogP contribution in [0, 0.1) is 6.92 Å². The molecule has 0 saturated carbocycles. The van der Waals surface area contributed by atoms with Gasteiger partial charge in [0.15, 0.2) is 0 Å². The van der Waals surface area contributed by atoms with E-state index in [1.807, 2.05) is 30.9 Å². The summed E-state index contributed by atoms with van der Waals surface area (Å²) in [6.45, 7) is 5.42. The number of carbonyl (C=O) groups is 1. The number of hydrogen-bond acceptors (Lipinski definition) is 4. The van der Waals surface area contributed by atoms with Crippen molar-refractivity contribution in [2.24, 2.45) is 0 Å². The lowest BCUT2D eigenvalue weighted by Gasteiger charge is -2.37. The molecule has 2 unspecified atom stereocenters. The van der Waals surface area contributed by atoms with E-state index in [1.165, 1.54) is 0 Å². The van der Waals surface area contributed by atoms with Gasteiger partial charge in [-0.3, -0.25) is 9.69 Å². The fourth-order valence-electron chi connectivity index (χ4n) is 2.65. The molecular formula is C15H21NO4. The van der Waals surface area contributed by atoms with Crippen molar-refractivity contribution in [2.75, 3.05) is 26.9 Å². The Morgan fingerprint density at radius 2 is 2.30 bits per heavy atom. The number of morpholine rings is 1. The third-order valence-corrected chi connectivity index (χ3v) is 3.79. The molecule has 1 aromatic carbocycles. The number of carboxylic acid groups (broad SMARTS) is 1. The Labute approximate surface area is 119 Å². The summed E-state index contributed by atoms with van der Waals surface area (Å²) in [5, 5.41) is 9.33. The Kier molecular flexibility index (Phi) is 4.62. The fraction of sp³-hybridized carbons (Fsp3) is 0.533. The van der Waals surface area contributed by atoms with Gasteiger partial charge in [0.2, 0.25) is 0 Å². The van der Waals surface area contributed by atoms with Crippen LogP contribution in [-0.4, -0.2) is 48.9 Å². The van der Waals surface area contributed by atoms with Crippen molar-refractivity contribution in [2.45, 2.75) is 25.9 Å². The lowest BCUT2D eigenvalue weighted by Crippen LogP contribution is -2.50. The van der Waals surface area contributed by atoms with Gasteiger partial charge in [-0.2, -0.15) is 0 Å². The minimum atomic E-state index is -0.844. The summed E-state index contributed by atoms with van der Waals surface area (Å²) in [6, 6.07) is 5.33. The maximum absolute atomic E-state index is 11.4. The molecule has 1 aromatic rings. The summed E-state index contributed by atoms with van der Waals surface area (Å²) in [7, 11) is 1.63. The Hall–Kier alpha value is -1.59. The quantitative estimate of drug-likeness (QED) is 0.911. The Balaban J connectivity index is 2.31. The molecular weight excluding hydrogens is 258 g/mol. The number of rotatable bonds is 4. The second-order valence-electron chi connectivity index (χ2n) is 5.09. The van der Waals surface area contributed by atoms with Crippen molar-refractivity contribution in [3.8, 4) is 5.75 Å². The standard InChI is InChI=1S/C15H21NO4/c1-10-4-5-14(19-3)12(8-10)11(2)16-6-7-20-9-13(16)15(17)18/h4-5,8,11,13H,6-7,9H2,1-3H3,(H,17,18). The number of benzene rings is 1. The molecule has 0 aliphatic carbocycles. The normalized spacial score (nSPS) is 21.4. The molecule has 0 amide bonds. The molecule has 2 rings (SSSR count). The maximum atomic E-state index is 11.4. The molecule has 0 spiro atoms. The summed E-state index contributed by atoms with van der Waals surface area (Å²) in [5.41, 5.74) is 2.15. The smallest absolute Gasteiger partial charge is 0.323 e. The van der Waals surface area contributed by atoms with E-state index < -0.39 is 12.0 Å². The average molecular weight is 279 g/mol. The summed E-state index contributed by atoms with van der Waals surface area (Å²) in [4.78, 5) is 13.3. The van der Waals surface area contributed by atoms with Crippen LogP contribution >= 0.6 is 0 Å². The van der Waals surface area contributed by atoms with E-state index in [4.69, 9.17) is 9.47 Å². The third kappa shape index (κ3) is 2.94. The predicted molar refractivity (Wildman–Crippen MR) is 75.1 cm³/mol. The summed E-state index contributed by atoms with van der Waals surface area (Å²) in [5.74, 6) is -0.0538. The highest BCUT2D eigenvalue weighted by Gasteiger charge is 2.33. The minimum Gasteiger partial charge on any atom is -0.496 e. The second-order valence-corrected chi connectivity index (χ2v) is 5.09. The molecule has 1 N–H and O–H groups in total. The average Bonchev–Trinajstić information content (AvgIpc) is 2.46. The number of carboxylic acids is 1. The van der Waals surface area contributed by atoms with Crippen LogP contribution in [0.1, 0.15) is 24.1 Å². The Morgan fingerprint density at radius 3 is 2.95 bits per heavy atom. The van der Waals surface area contributed by atoms with Crippen LogP contribution < -0.4 is 4.74 Å². The summed E-state index contributed by atoms with van der Waals surface area (Å²) in [6.07, 6.45) is 0. The topological polar surface area (TPSA) is 59.0 Å².